The molecule has 0 radical (unpaired) electrons. The summed E-state index contributed by atoms with van der Waals surface area (Å²) in [5, 5.41) is 0.371. The summed E-state index contributed by atoms with van der Waals surface area (Å²) in [5.41, 5.74) is 6.64. The predicted octanol–water partition coefficient (Wildman–Crippen LogP) is 3.22. The minimum atomic E-state index is -0.307. The Balaban J connectivity index is 1.87. The van der Waals surface area contributed by atoms with Crippen LogP contribution in [0, 0.1) is 17.7 Å². The molecule has 116 valence electrons. The van der Waals surface area contributed by atoms with Crippen molar-refractivity contribution in [3.05, 3.63) is 28.5 Å². The summed E-state index contributed by atoms with van der Waals surface area (Å²) in [6.45, 7) is 2.26. The molecule has 0 bridgehead atoms. The van der Waals surface area contributed by atoms with Crippen LogP contribution in [-0.4, -0.2) is 31.6 Å². The Labute approximate surface area is 130 Å². The monoisotopic (exact) mass is 312 g/mol. The Morgan fingerprint density at radius 2 is 2.14 bits per heavy atom. The molecule has 3 nitrogen and oxygen atoms in total. The van der Waals surface area contributed by atoms with Gasteiger partial charge in [-0.15, -0.1) is 0 Å². The van der Waals surface area contributed by atoms with E-state index in [2.05, 4.69) is 4.90 Å². The molecule has 1 aromatic rings. The maximum absolute atomic E-state index is 13.8. The Morgan fingerprint density at radius 1 is 1.38 bits per heavy atom. The van der Waals surface area contributed by atoms with Gasteiger partial charge >= 0.3 is 0 Å². The van der Waals surface area contributed by atoms with Gasteiger partial charge in [0.25, 0.3) is 0 Å². The van der Waals surface area contributed by atoms with Crippen molar-refractivity contribution in [3.8, 4) is 5.75 Å². The van der Waals surface area contributed by atoms with Gasteiger partial charge in [0, 0.05) is 18.2 Å². The zero-order chi connectivity index (χ0) is 15.0. The summed E-state index contributed by atoms with van der Waals surface area (Å²) >= 11 is 6.23. The van der Waals surface area contributed by atoms with Crippen molar-refractivity contribution >= 4 is 11.6 Å². The van der Waals surface area contributed by atoms with Crippen molar-refractivity contribution in [2.75, 3.05) is 26.7 Å². The molecule has 3 rings (SSSR count). The van der Waals surface area contributed by atoms with Crippen molar-refractivity contribution in [1.82, 2.24) is 4.90 Å². The van der Waals surface area contributed by atoms with Crippen LogP contribution >= 0.6 is 11.6 Å². The first-order valence-corrected chi connectivity index (χ1v) is 7.98. The molecule has 0 spiro atoms. The lowest BCUT2D eigenvalue weighted by molar-refractivity contribution is 0.272. The largest absolute Gasteiger partial charge is 0.491 e. The molecule has 0 amide bonds. The van der Waals surface area contributed by atoms with Gasteiger partial charge in [-0.3, -0.25) is 4.90 Å². The highest BCUT2D eigenvalue weighted by Gasteiger charge is 2.33. The van der Waals surface area contributed by atoms with Crippen LogP contribution in [0.2, 0.25) is 5.02 Å². The van der Waals surface area contributed by atoms with Crippen molar-refractivity contribution in [2.45, 2.75) is 25.3 Å². The van der Waals surface area contributed by atoms with E-state index >= 15 is 0 Å². The van der Waals surface area contributed by atoms with E-state index < -0.39 is 0 Å². The van der Waals surface area contributed by atoms with E-state index in [-0.39, 0.29) is 11.9 Å². The van der Waals surface area contributed by atoms with Gasteiger partial charge < -0.3 is 10.5 Å². The average molecular weight is 313 g/mol. The molecule has 1 heterocycles. The number of benzene rings is 1. The number of hydrogen-bond donors (Lipinski definition) is 1. The number of hydrogen-bond acceptors (Lipinski definition) is 3. The Bertz CT molecular complexity index is 521. The fourth-order valence-corrected chi connectivity index (χ4v) is 3.37. The van der Waals surface area contributed by atoms with E-state index in [0.29, 0.717) is 35.8 Å². The van der Waals surface area contributed by atoms with Gasteiger partial charge in [-0.05, 0) is 56.8 Å². The quantitative estimate of drug-likeness (QED) is 0.907. The summed E-state index contributed by atoms with van der Waals surface area (Å²) in [4.78, 5) is 2.21. The molecule has 1 aliphatic carbocycles. The first-order chi connectivity index (χ1) is 10.1. The fourth-order valence-electron chi connectivity index (χ4n) is 3.11. The predicted molar refractivity (Wildman–Crippen MR) is 82.2 cm³/mol. The van der Waals surface area contributed by atoms with E-state index in [1.807, 2.05) is 7.05 Å². The molecular weight excluding hydrogens is 291 g/mol. The van der Waals surface area contributed by atoms with Gasteiger partial charge in [0.05, 0.1) is 11.6 Å². The summed E-state index contributed by atoms with van der Waals surface area (Å²) < 4.78 is 19.7. The standard InChI is InChI=1S/C16H22ClFN2O/c1-20-8-11(7-19)4-15(20)13-5-12(18)6-14(17)16(13)21-9-10-2-3-10/h5-6,10-11,15H,2-4,7-9,19H2,1H3. The number of likely N-dealkylation sites (tertiary alicyclic amines) is 1. The first-order valence-electron chi connectivity index (χ1n) is 7.60. The van der Waals surface area contributed by atoms with Crippen molar-refractivity contribution in [2.24, 2.45) is 17.6 Å². The third kappa shape index (κ3) is 3.33. The molecule has 1 saturated heterocycles. The summed E-state index contributed by atoms with van der Waals surface area (Å²) in [6, 6.07) is 3.03. The Kier molecular flexibility index (Phi) is 4.38. The van der Waals surface area contributed by atoms with Crippen LogP contribution in [0.5, 0.6) is 5.75 Å². The maximum Gasteiger partial charge on any atom is 0.142 e. The SMILES string of the molecule is CN1CC(CN)CC1c1cc(F)cc(Cl)c1OCC1CC1. The molecule has 2 aliphatic rings. The van der Waals surface area contributed by atoms with Crippen LogP contribution in [0.4, 0.5) is 4.39 Å². The number of halogens is 2. The Morgan fingerprint density at radius 3 is 2.76 bits per heavy atom. The second-order valence-electron chi connectivity index (χ2n) is 6.35. The molecule has 21 heavy (non-hydrogen) atoms. The van der Waals surface area contributed by atoms with Gasteiger partial charge in [-0.25, -0.2) is 4.39 Å². The smallest absolute Gasteiger partial charge is 0.142 e. The van der Waals surface area contributed by atoms with Crippen LogP contribution in [0.1, 0.15) is 30.9 Å². The van der Waals surface area contributed by atoms with Crippen LogP contribution in [-0.2, 0) is 0 Å². The molecule has 2 N–H and O–H groups in total. The van der Waals surface area contributed by atoms with Crippen molar-refractivity contribution in [3.63, 3.8) is 0 Å². The second-order valence-corrected chi connectivity index (χ2v) is 6.76. The molecule has 2 atom stereocenters. The lowest BCUT2D eigenvalue weighted by Gasteiger charge is -2.23. The van der Waals surface area contributed by atoms with Crippen molar-refractivity contribution in [1.29, 1.82) is 0 Å². The maximum atomic E-state index is 13.8. The number of nitrogens with two attached hydrogens (primary N) is 1. The van der Waals surface area contributed by atoms with E-state index in [0.717, 1.165) is 18.5 Å². The van der Waals surface area contributed by atoms with Gasteiger partial charge in [0.2, 0.25) is 0 Å². The topological polar surface area (TPSA) is 38.5 Å². The number of nitrogens with zero attached hydrogens (tertiary/aromatic N) is 1. The number of ether oxygens (including phenoxy) is 1. The summed E-state index contributed by atoms with van der Waals surface area (Å²) in [5.74, 6) is 1.42. The lowest BCUT2D eigenvalue weighted by Crippen LogP contribution is -2.21. The average Bonchev–Trinajstić information content (AvgIpc) is 3.18. The van der Waals surface area contributed by atoms with Crippen molar-refractivity contribution < 1.29 is 9.13 Å². The van der Waals surface area contributed by atoms with E-state index in [4.69, 9.17) is 22.1 Å². The zero-order valence-electron chi connectivity index (χ0n) is 12.3. The van der Waals surface area contributed by atoms with E-state index in [1.165, 1.54) is 18.9 Å². The molecule has 2 fully saturated rings. The van der Waals surface area contributed by atoms with Crippen LogP contribution in [0.15, 0.2) is 12.1 Å². The molecule has 5 heteroatoms. The van der Waals surface area contributed by atoms with Crippen LogP contribution in [0.25, 0.3) is 0 Å². The third-order valence-corrected chi connectivity index (χ3v) is 4.81. The highest BCUT2D eigenvalue weighted by Crippen LogP contribution is 2.42. The molecule has 0 aromatic heterocycles. The molecule has 1 aliphatic heterocycles. The van der Waals surface area contributed by atoms with Gasteiger partial charge in [-0.2, -0.15) is 0 Å². The normalized spacial score (nSPS) is 26.3. The lowest BCUT2D eigenvalue weighted by atomic mass is 9.99. The summed E-state index contributed by atoms with van der Waals surface area (Å²) in [6.07, 6.45) is 3.35. The third-order valence-electron chi connectivity index (χ3n) is 4.52. The van der Waals surface area contributed by atoms with Gasteiger partial charge in [0.15, 0.2) is 0 Å². The number of rotatable bonds is 5. The van der Waals surface area contributed by atoms with Gasteiger partial charge in [-0.1, -0.05) is 11.6 Å². The second kappa shape index (κ2) is 6.11. The minimum absolute atomic E-state index is 0.126. The molecular formula is C16H22ClFN2O. The highest BCUT2D eigenvalue weighted by molar-refractivity contribution is 6.32. The Hall–Kier alpha value is -0.840. The summed E-state index contributed by atoms with van der Waals surface area (Å²) in [7, 11) is 2.05. The first kappa shape index (κ1) is 15.1. The zero-order valence-corrected chi connectivity index (χ0v) is 13.1. The fraction of sp³-hybridized carbons (Fsp3) is 0.625. The van der Waals surface area contributed by atoms with E-state index in [1.54, 1.807) is 6.07 Å². The molecule has 2 unspecified atom stereocenters. The van der Waals surface area contributed by atoms with Crippen LogP contribution in [0.3, 0.4) is 0 Å². The van der Waals surface area contributed by atoms with Gasteiger partial charge in [0.1, 0.15) is 11.6 Å². The van der Waals surface area contributed by atoms with Crippen LogP contribution < -0.4 is 10.5 Å². The highest BCUT2D eigenvalue weighted by atomic mass is 35.5. The minimum Gasteiger partial charge on any atom is -0.491 e. The molecule has 1 aromatic carbocycles. The van der Waals surface area contributed by atoms with E-state index in [9.17, 15) is 4.39 Å². The molecule has 1 saturated carbocycles.